The molecule has 0 aromatic carbocycles. The van der Waals surface area contributed by atoms with E-state index >= 15 is 0 Å². The molecule has 13 heavy (non-hydrogen) atoms. The Morgan fingerprint density at radius 1 is 1.54 bits per heavy atom. The van der Waals surface area contributed by atoms with Gasteiger partial charge in [0.1, 0.15) is 11.3 Å². The highest BCUT2D eigenvalue weighted by atomic mass is 16.5. The number of H-pyrrole nitrogens is 1. The SMILES string of the molecule is COC(C)(C)c1n[nH]nc1C(=O)O. The van der Waals surface area contributed by atoms with Gasteiger partial charge in [0, 0.05) is 7.11 Å². The van der Waals surface area contributed by atoms with Crippen molar-refractivity contribution in [3.8, 4) is 0 Å². The smallest absolute Gasteiger partial charge is 0.358 e. The van der Waals surface area contributed by atoms with Crippen molar-refractivity contribution >= 4 is 5.97 Å². The Morgan fingerprint density at radius 2 is 2.15 bits per heavy atom. The van der Waals surface area contributed by atoms with E-state index in [9.17, 15) is 4.79 Å². The summed E-state index contributed by atoms with van der Waals surface area (Å²) in [5.74, 6) is -1.12. The maximum Gasteiger partial charge on any atom is 0.358 e. The van der Waals surface area contributed by atoms with Gasteiger partial charge < -0.3 is 9.84 Å². The number of carboxylic acid groups (broad SMARTS) is 1. The van der Waals surface area contributed by atoms with Crippen LogP contribution in [0, 0.1) is 0 Å². The molecule has 0 saturated carbocycles. The highest BCUT2D eigenvalue weighted by Crippen LogP contribution is 2.23. The van der Waals surface area contributed by atoms with Crippen molar-refractivity contribution in [2.24, 2.45) is 0 Å². The summed E-state index contributed by atoms with van der Waals surface area (Å²) in [5, 5.41) is 18.2. The molecule has 72 valence electrons. The third kappa shape index (κ3) is 1.67. The Hall–Kier alpha value is -1.43. The summed E-state index contributed by atoms with van der Waals surface area (Å²) in [6.07, 6.45) is 0. The van der Waals surface area contributed by atoms with Gasteiger partial charge in [-0.15, -0.1) is 5.10 Å². The zero-order valence-electron chi connectivity index (χ0n) is 7.66. The van der Waals surface area contributed by atoms with E-state index in [-0.39, 0.29) is 5.69 Å². The lowest BCUT2D eigenvalue weighted by atomic mass is 10.0. The van der Waals surface area contributed by atoms with Crippen molar-refractivity contribution in [1.82, 2.24) is 15.4 Å². The molecule has 0 aliphatic carbocycles. The van der Waals surface area contributed by atoms with E-state index in [1.54, 1.807) is 13.8 Å². The number of aromatic carboxylic acids is 1. The number of rotatable bonds is 3. The summed E-state index contributed by atoms with van der Waals surface area (Å²) in [7, 11) is 1.49. The van der Waals surface area contributed by atoms with E-state index in [4.69, 9.17) is 9.84 Å². The molecule has 0 unspecified atom stereocenters. The van der Waals surface area contributed by atoms with Crippen LogP contribution in [0.4, 0.5) is 0 Å². The lowest BCUT2D eigenvalue weighted by Gasteiger charge is -2.19. The summed E-state index contributed by atoms with van der Waals surface area (Å²) in [6.45, 7) is 3.44. The Kier molecular flexibility index (Phi) is 2.33. The first-order valence-electron chi connectivity index (χ1n) is 3.68. The molecule has 6 nitrogen and oxygen atoms in total. The molecular formula is C7H11N3O3. The molecule has 0 radical (unpaired) electrons. The number of nitrogens with one attached hydrogen (secondary N) is 1. The molecule has 0 atom stereocenters. The Bertz CT molecular complexity index is 319. The predicted octanol–water partition coefficient (Wildman–Crippen LogP) is 0.384. The highest BCUT2D eigenvalue weighted by molar-refractivity contribution is 5.86. The van der Waals surface area contributed by atoms with Gasteiger partial charge in [0.25, 0.3) is 0 Å². The van der Waals surface area contributed by atoms with Crippen molar-refractivity contribution < 1.29 is 14.6 Å². The number of hydrogen-bond donors (Lipinski definition) is 2. The third-order valence-corrected chi connectivity index (χ3v) is 1.83. The van der Waals surface area contributed by atoms with Crippen LogP contribution in [0.5, 0.6) is 0 Å². The van der Waals surface area contributed by atoms with Crippen LogP contribution in [0.1, 0.15) is 30.0 Å². The average Bonchev–Trinajstić information content (AvgIpc) is 2.52. The largest absolute Gasteiger partial charge is 0.476 e. The second-order valence-electron chi connectivity index (χ2n) is 3.04. The van der Waals surface area contributed by atoms with Crippen molar-refractivity contribution in [2.45, 2.75) is 19.4 Å². The van der Waals surface area contributed by atoms with Gasteiger partial charge in [0.05, 0.1) is 0 Å². The molecule has 1 heterocycles. The second kappa shape index (κ2) is 3.14. The first kappa shape index (κ1) is 9.66. The van der Waals surface area contributed by atoms with Crippen LogP contribution < -0.4 is 0 Å². The highest BCUT2D eigenvalue weighted by Gasteiger charge is 2.30. The second-order valence-corrected chi connectivity index (χ2v) is 3.04. The number of ether oxygens (including phenoxy) is 1. The third-order valence-electron chi connectivity index (χ3n) is 1.83. The molecule has 1 rings (SSSR count). The minimum Gasteiger partial charge on any atom is -0.476 e. The van der Waals surface area contributed by atoms with Crippen molar-refractivity contribution in [1.29, 1.82) is 0 Å². The van der Waals surface area contributed by atoms with Crippen LogP contribution in [0.15, 0.2) is 0 Å². The Morgan fingerprint density at radius 3 is 2.62 bits per heavy atom. The van der Waals surface area contributed by atoms with Gasteiger partial charge in [-0.2, -0.15) is 10.3 Å². The number of carboxylic acids is 1. The summed E-state index contributed by atoms with van der Waals surface area (Å²) in [4.78, 5) is 10.7. The summed E-state index contributed by atoms with van der Waals surface area (Å²) >= 11 is 0. The molecule has 2 N–H and O–H groups in total. The van der Waals surface area contributed by atoms with Crippen LogP contribution in [0.25, 0.3) is 0 Å². The lowest BCUT2D eigenvalue weighted by molar-refractivity contribution is 0.0138. The Labute approximate surface area is 74.9 Å². The summed E-state index contributed by atoms with van der Waals surface area (Å²) in [5.41, 5.74) is -0.560. The van der Waals surface area contributed by atoms with Gasteiger partial charge in [-0.3, -0.25) is 0 Å². The molecule has 0 saturated heterocycles. The average molecular weight is 185 g/mol. The molecule has 1 aromatic heterocycles. The summed E-state index contributed by atoms with van der Waals surface area (Å²) < 4.78 is 5.09. The molecule has 0 fully saturated rings. The first-order chi connectivity index (χ1) is 5.99. The number of carbonyl (C=O) groups is 1. The number of aromatic nitrogens is 3. The molecule has 0 bridgehead atoms. The zero-order chi connectivity index (χ0) is 10.1. The fourth-order valence-corrected chi connectivity index (χ4v) is 0.896. The number of hydrogen-bond acceptors (Lipinski definition) is 4. The van der Waals surface area contributed by atoms with Crippen LogP contribution in [-0.2, 0) is 10.3 Å². The van der Waals surface area contributed by atoms with Crippen LogP contribution in [0.3, 0.4) is 0 Å². The monoisotopic (exact) mass is 185 g/mol. The van der Waals surface area contributed by atoms with E-state index in [0.717, 1.165) is 0 Å². The van der Waals surface area contributed by atoms with Gasteiger partial charge in [-0.25, -0.2) is 4.79 Å². The van der Waals surface area contributed by atoms with Crippen molar-refractivity contribution in [3.05, 3.63) is 11.4 Å². The van der Waals surface area contributed by atoms with Gasteiger partial charge in [0.2, 0.25) is 0 Å². The Balaban J connectivity index is 3.14. The zero-order valence-corrected chi connectivity index (χ0v) is 7.66. The van der Waals surface area contributed by atoms with Crippen LogP contribution in [0.2, 0.25) is 0 Å². The maximum atomic E-state index is 10.7. The van der Waals surface area contributed by atoms with Crippen LogP contribution >= 0.6 is 0 Å². The molecule has 0 spiro atoms. The van der Waals surface area contributed by atoms with Crippen molar-refractivity contribution in [3.63, 3.8) is 0 Å². The van der Waals surface area contributed by atoms with Gasteiger partial charge >= 0.3 is 5.97 Å². The normalized spacial score (nSPS) is 11.6. The van der Waals surface area contributed by atoms with Crippen molar-refractivity contribution in [2.75, 3.05) is 7.11 Å². The van der Waals surface area contributed by atoms with E-state index in [0.29, 0.717) is 5.69 Å². The molecule has 0 amide bonds. The fourth-order valence-electron chi connectivity index (χ4n) is 0.896. The van der Waals surface area contributed by atoms with E-state index < -0.39 is 11.6 Å². The molecule has 6 heteroatoms. The first-order valence-corrected chi connectivity index (χ1v) is 3.68. The molecular weight excluding hydrogens is 174 g/mol. The molecule has 0 aliphatic rings. The minimum absolute atomic E-state index is 0.105. The number of aromatic amines is 1. The van der Waals surface area contributed by atoms with E-state index in [2.05, 4.69) is 15.4 Å². The van der Waals surface area contributed by atoms with Gasteiger partial charge in [-0.1, -0.05) is 0 Å². The quantitative estimate of drug-likeness (QED) is 0.710. The van der Waals surface area contributed by atoms with E-state index in [1.807, 2.05) is 0 Å². The fraction of sp³-hybridized carbons (Fsp3) is 0.571. The van der Waals surface area contributed by atoms with Gasteiger partial charge in [0.15, 0.2) is 5.69 Å². The topological polar surface area (TPSA) is 88.1 Å². The molecule has 1 aromatic rings. The number of nitrogens with zero attached hydrogens (tertiary/aromatic N) is 2. The van der Waals surface area contributed by atoms with Crippen LogP contribution in [-0.4, -0.2) is 33.6 Å². The van der Waals surface area contributed by atoms with E-state index in [1.165, 1.54) is 7.11 Å². The molecule has 0 aliphatic heterocycles. The number of methoxy groups -OCH3 is 1. The minimum atomic E-state index is -1.12. The predicted molar refractivity (Wildman–Crippen MR) is 43.4 cm³/mol. The lowest BCUT2D eigenvalue weighted by Crippen LogP contribution is -2.23. The standard InChI is InChI=1S/C7H11N3O3/c1-7(2,13-3)5-4(6(11)12)8-10-9-5/h1-3H3,(H,11,12)(H,8,9,10). The summed E-state index contributed by atoms with van der Waals surface area (Å²) in [6, 6.07) is 0. The van der Waals surface area contributed by atoms with Gasteiger partial charge in [-0.05, 0) is 13.8 Å². The maximum absolute atomic E-state index is 10.7.